The first-order chi connectivity index (χ1) is 12.7. The monoisotopic (exact) mass is 366 g/mol. The maximum Gasteiger partial charge on any atom is 0.232 e. The molecule has 1 aliphatic heterocycles. The van der Waals surface area contributed by atoms with Crippen LogP contribution in [-0.4, -0.2) is 44.6 Å². The summed E-state index contributed by atoms with van der Waals surface area (Å²) in [6, 6.07) is 10.1. The van der Waals surface area contributed by atoms with E-state index in [1.54, 1.807) is 0 Å². The third-order valence-corrected chi connectivity index (χ3v) is 5.63. The summed E-state index contributed by atoms with van der Waals surface area (Å²) in [4.78, 5) is 26.7. The Hall–Kier alpha value is -2.34. The molecule has 0 saturated carbocycles. The Bertz CT molecular complexity index is 913. The predicted molar refractivity (Wildman–Crippen MR) is 105 cm³/mol. The summed E-state index contributed by atoms with van der Waals surface area (Å²) >= 11 is 1.50. The van der Waals surface area contributed by atoms with Crippen LogP contribution in [0.5, 0.6) is 0 Å². The normalized spacial score (nSPS) is 14.7. The number of piperidine rings is 1. The van der Waals surface area contributed by atoms with Crippen LogP contribution in [0.2, 0.25) is 0 Å². The fourth-order valence-corrected chi connectivity index (χ4v) is 3.98. The van der Waals surface area contributed by atoms with Gasteiger partial charge >= 0.3 is 0 Å². The molecule has 3 heterocycles. The van der Waals surface area contributed by atoms with E-state index >= 15 is 0 Å². The molecule has 1 aliphatic rings. The number of carbonyl (C=O) groups excluding carboxylic acids is 1. The Morgan fingerprint density at radius 2 is 2.04 bits per heavy atom. The number of hydrogen-bond donors (Lipinski definition) is 1. The minimum Gasteiger partial charge on any atom is -0.342 e. The van der Waals surface area contributed by atoms with Gasteiger partial charge in [0, 0.05) is 24.8 Å². The van der Waals surface area contributed by atoms with Crippen molar-refractivity contribution in [1.29, 1.82) is 0 Å². The van der Waals surface area contributed by atoms with Gasteiger partial charge in [0.05, 0.1) is 21.8 Å². The van der Waals surface area contributed by atoms with Crippen molar-refractivity contribution < 1.29 is 4.79 Å². The summed E-state index contributed by atoms with van der Waals surface area (Å²) in [6.07, 6.45) is 5.31. The van der Waals surface area contributed by atoms with Crippen molar-refractivity contribution in [1.82, 2.24) is 19.9 Å². The predicted octanol–water partition coefficient (Wildman–Crippen LogP) is 4.04. The van der Waals surface area contributed by atoms with Gasteiger partial charge in [-0.1, -0.05) is 17.8 Å². The second kappa shape index (κ2) is 7.50. The van der Waals surface area contributed by atoms with Gasteiger partial charge in [0.1, 0.15) is 5.82 Å². The van der Waals surface area contributed by atoms with Crippen LogP contribution in [0.25, 0.3) is 22.4 Å². The zero-order valence-electron chi connectivity index (χ0n) is 14.9. The number of nitrogens with one attached hydrogen (secondary N) is 1. The van der Waals surface area contributed by atoms with E-state index in [2.05, 4.69) is 34.0 Å². The lowest BCUT2D eigenvalue weighted by Crippen LogP contribution is -2.36. The van der Waals surface area contributed by atoms with Gasteiger partial charge in [0.25, 0.3) is 0 Å². The average molecular weight is 366 g/mol. The van der Waals surface area contributed by atoms with Gasteiger partial charge in [0.2, 0.25) is 5.91 Å². The van der Waals surface area contributed by atoms with Gasteiger partial charge in [0.15, 0.2) is 0 Å². The molecule has 0 spiro atoms. The lowest BCUT2D eigenvalue weighted by atomic mass is 10.1. The van der Waals surface area contributed by atoms with Crippen molar-refractivity contribution in [2.75, 3.05) is 18.8 Å². The van der Waals surface area contributed by atoms with Crippen LogP contribution in [0.15, 0.2) is 41.6 Å². The Morgan fingerprint density at radius 1 is 1.19 bits per heavy atom. The number of pyridine rings is 1. The van der Waals surface area contributed by atoms with E-state index in [4.69, 9.17) is 0 Å². The number of aryl methyl sites for hydroxylation is 1. The summed E-state index contributed by atoms with van der Waals surface area (Å²) in [5.74, 6) is 1.49. The third-order valence-electron chi connectivity index (χ3n) is 4.70. The fourth-order valence-electron chi connectivity index (χ4n) is 3.24. The van der Waals surface area contributed by atoms with Gasteiger partial charge < -0.3 is 9.88 Å². The maximum absolute atomic E-state index is 12.2. The summed E-state index contributed by atoms with van der Waals surface area (Å²) in [7, 11) is 0. The highest BCUT2D eigenvalue weighted by molar-refractivity contribution is 7.99. The number of aromatic amines is 1. The van der Waals surface area contributed by atoms with Crippen molar-refractivity contribution in [3.05, 3.63) is 42.1 Å². The molecule has 3 aromatic rings. The number of benzene rings is 1. The Labute approximate surface area is 157 Å². The molecule has 0 aliphatic carbocycles. The highest BCUT2D eigenvalue weighted by Gasteiger charge is 2.16. The molecule has 0 atom stereocenters. The lowest BCUT2D eigenvalue weighted by molar-refractivity contribution is -0.129. The molecule has 1 amide bonds. The van der Waals surface area contributed by atoms with Gasteiger partial charge in [-0.2, -0.15) is 0 Å². The van der Waals surface area contributed by atoms with Crippen LogP contribution >= 0.6 is 11.8 Å². The molecule has 0 bridgehead atoms. The number of nitrogens with zero attached hydrogens (tertiary/aromatic N) is 3. The Kier molecular flexibility index (Phi) is 4.93. The summed E-state index contributed by atoms with van der Waals surface area (Å²) in [6.45, 7) is 3.87. The molecular formula is C20H22N4OS. The molecule has 1 fully saturated rings. The number of H-pyrrole nitrogens is 1. The third kappa shape index (κ3) is 3.75. The standard InChI is InChI=1S/C20H22N4OS/c1-14-5-7-16-17(11-14)23-20(22-16)15-6-8-18(21-12-15)26-13-19(25)24-9-3-2-4-10-24/h5-8,11-12H,2-4,9-10,13H2,1H3,(H,22,23). The number of carbonyl (C=O) groups is 1. The van der Waals surface area contributed by atoms with E-state index < -0.39 is 0 Å². The summed E-state index contributed by atoms with van der Waals surface area (Å²) in [5, 5.41) is 0.867. The van der Waals surface area contributed by atoms with E-state index in [9.17, 15) is 4.79 Å². The molecule has 134 valence electrons. The van der Waals surface area contributed by atoms with Crippen LogP contribution in [0, 0.1) is 6.92 Å². The van der Waals surface area contributed by atoms with E-state index in [0.29, 0.717) is 5.75 Å². The van der Waals surface area contributed by atoms with Crippen molar-refractivity contribution in [2.24, 2.45) is 0 Å². The molecule has 6 heteroatoms. The number of amides is 1. The molecule has 26 heavy (non-hydrogen) atoms. The second-order valence-corrected chi connectivity index (χ2v) is 7.72. The second-order valence-electron chi connectivity index (χ2n) is 6.72. The zero-order valence-corrected chi connectivity index (χ0v) is 15.7. The van der Waals surface area contributed by atoms with Crippen molar-refractivity contribution in [2.45, 2.75) is 31.2 Å². The molecule has 0 radical (unpaired) electrons. The average Bonchev–Trinajstić information content (AvgIpc) is 3.10. The topological polar surface area (TPSA) is 61.9 Å². The quantitative estimate of drug-likeness (QED) is 0.708. The lowest BCUT2D eigenvalue weighted by Gasteiger charge is -2.26. The van der Waals surface area contributed by atoms with Crippen LogP contribution in [0.3, 0.4) is 0 Å². The molecule has 0 unspecified atom stereocenters. The van der Waals surface area contributed by atoms with E-state index in [1.807, 2.05) is 29.3 Å². The van der Waals surface area contributed by atoms with Crippen LogP contribution in [0.1, 0.15) is 24.8 Å². The number of rotatable bonds is 4. The minimum atomic E-state index is 0.216. The van der Waals surface area contributed by atoms with E-state index in [0.717, 1.165) is 53.4 Å². The number of aromatic nitrogens is 3. The van der Waals surface area contributed by atoms with Crippen molar-refractivity contribution in [3.8, 4) is 11.4 Å². The Balaban J connectivity index is 1.41. The Morgan fingerprint density at radius 3 is 2.81 bits per heavy atom. The highest BCUT2D eigenvalue weighted by Crippen LogP contribution is 2.23. The zero-order chi connectivity index (χ0) is 17.9. The van der Waals surface area contributed by atoms with Gasteiger partial charge in [-0.15, -0.1) is 0 Å². The SMILES string of the molecule is Cc1ccc2nc(-c3ccc(SCC(=O)N4CCCCC4)nc3)[nH]c2c1. The number of fused-ring (bicyclic) bond motifs is 1. The summed E-state index contributed by atoms with van der Waals surface area (Å²) < 4.78 is 0. The van der Waals surface area contributed by atoms with Crippen molar-refractivity contribution >= 4 is 28.7 Å². The molecule has 5 nitrogen and oxygen atoms in total. The smallest absolute Gasteiger partial charge is 0.232 e. The van der Waals surface area contributed by atoms with E-state index in [1.165, 1.54) is 23.7 Å². The van der Waals surface area contributed by atoms with Gasteiger partial charge in [-0.25, -0.2) is 9.97 Å². The van der Waals surface area contributed by atoms with Gasteiger partial charge in [-0.05, 0) is 56.0 Å². The largest absolute Gasteiger partial charge is 0.342 e. The number of imidazole rings is 1. The summed E-state index contributed by atoms with van der Waals surface area (Å²) in [5.41, 5.74) is 4.14. The van der Waals surface area contributed by atoms with Crippen LogP contribution < -0.4 is 0 Å². The first kappa shape index (κ1) is 17.1. The first-order valence-corrected chi connectivity index (χ1v) is 10.0. The molecule has 1 aromatic carbocycles. The first-order valence-electron chi connectivity index (χ1n) is 9.02. The molecular weight excluding hydrogens is 344 g/mol. The maximum atomic E-state index is 12.2. The highest BCUT2D eigenvalue weighted by atomic mass is 32.2. The van der Waals surface area contributed by atoms with Gasteiger partial charge in [-0.3, -0.25) is 4.79 Å². The number of hydrogen-bond acceptors (Lipinski definition) is 4. The molecule has 4 rings (SSSR count). The molecule has 1 saturated heterocycles. The molecule has 2 aromatic heterocycles. The van der Waals surface area contributed by atoms with Crippen LogP contribution in [0.4, 0.5) is 0 Å². The fraction of sp³-hybridized carbons (Fsp3) is 0.350. The number of thioether (sulfide) groups is 1. The molecule has 1 N–H and O–H groups in total. The van der Waals surface area contributed by atoms with E-state index in [-0.39, 0.29) is 5.91 Å². The van der Waals surface area contributed by atoms with Crippen molar-refractivity contribution in [3.63, 3.8) is 0 Å². The van der Waals surface area contributed by atoms with Crippen LogP contribution in [-0.2, 0) is 4.79 Å². The minimum absolute atomic E-state index is 0.216. The number of likely N-dealkylation sites (tertiary alicyclic amines) is 1.